The maximum Gasteiger partial charge on any atom is 0.118 e. The molecule has 5 heteroatoms. The average Bonchev–Trinajstić information content (AvgIpc) is 2.04. The van der Waals surface area contributed by atoms with Crippen molar-refractivity contribution < 1.29 is 0 Å². The van der Waals surface area contributed by atoms with E-state index in [0.717, 1.165) is 17.2 Å². The second-order valence-electron chi connectivity index (χ2n) is 2.24. The number of hydrogen-bond acceptors (Lipinski definition) is 5. The molecule has 0 fully saturated rings. The Morgan fingerprint density at radius 3 is 2.91 bits per heavy atom. The monoisotopic (exact) mass is 149 g/mol. The number of aromatic nitrogens is 2. The summed E-state index contributed by atoms with van der Waals surface area (Å²) in [6, 6.07) is 0. The van der Waals surface area contributed by atoms with Gasteiger partial charge in [-0.25, -0.2) is 4.99 Å². The predicted octanol–water partition coefficient (Wildman–Crippen LogP) is 0.457. The van der Waals surface area contributed by atoms with Gasteiger partial charge >= 0.3 is 0 Å². The fraction of sp³-hybridized carbons (Fsp3) is 0.167. The Hall–Kier alpha value is -1.65. The fourth-order valence-corrected chi connectivity index (χ4v) is 0.867. The van der Waals surface area contributed by atoms with Crippen LogP contribution in [0.1, 0.15) is 6.92 Å². The molecule has 2 rings (SSSR count). The summed E-state index contributed by atoms with van der Waals surface area (Å²) in [4.78, 5) is 4.19. The van der Waals surface area contributed by atoms with Gasteiger partial charge in [-0.1, -0.05) is 0 Å². The van der Waals surface area contributed by atoms with Crippen molar-refractivity contribution >= 4 is 17.2 Å². The van der Waals surface area contributed by atoms with Crippen molar-refractivity contribution in [2.24, 2.45) is 4.99 Å². The highest BCUT2D eigenvalue weighted by Gasteiger charge is 2.06. The fourth-order valence-electron chi connectivity index (χ4n) is 0.867. The van der Waals surface area contributed by atoms with Crippen LogP contribution in [-0.2, 0) is 0 Å². The minimum absolute atomic E-state index is 0.816. The highest BCUT2D eigenvalue weighted by molar-refractivity contribution is 5.88. The molecule has 0 atom stereocenters. The third kappa shape index (κ3) is 1.000. The molecule has 11 heavy (non-hydrogen) atoms. The molecule has 0 aromatic carbocycles. The Balaban J connectivity index is 2.51. The van der Waals surface area contributed by atoms with Gasteiger partial charge in [0.2, 0.25) is 0 Å². The topological polar surface area (TPSA) is 62.2 Å². The molecule has 5 nitrogen and oxygen atoms in total. The quantitative estimate of drug-likeness (QED) is 0.562. The standard InChI is InChI=1S/C6H7N5/c1-4-9-5-2-7-8-3-6(5)11-10-4/h2-3,11H,1H3,(H,9,10). The van der Waals surface area contributed by atoms with Gasteiger partial charge in [0, 0.05) is 0 Å². The summed E-state index contributed by atoms with van der Waals surface area (Å²) in [5.74, 6) is 0.825. The second-order valence-corrected chi connectivity index (χ2v) is 2.24. The van der Waals surface area contributed by atoms with Gasteiger partial charge in [0.1, 0.15) is 17.2 Å². The first-order valence-electron chi connectivity index (χ1n) is 3.24. The summed E-state index contributed by atoms with van der Waals surface area (Å²) in [5, 5.41) is 7.41. The van der Waals surface area contributed by atoms with Gasteiger partial charge in [0.05, 0.1) is 12.4 Å². The van der Waals surface area contributed by atoms with Crippen molar-refractivity contribution in [3.05, 3.63) is 12.4 Å². The van der Waals surface area contributed by atoms with E-state index < -0.39 is 0 Å². The van der Waals surface area contributed by atoms with Gasteiger partial charge < -0.3 is 0 Å². The largest absolute Gasteiger partial charge is 0.296 e. The van der Waals surface area contributed by atoms with Gasteiger partial charge in [-0.3, -0.25) is 10.9 Å². The number of amidine groups is 1. The normalized spacial score (nSPS) is 14.1. The third-order valence-corrected chi connectivity index (χ3v) is 1.38. The van der Waals surface area contributed by atoms with E-state index in [2.05, 4.69) is 26.0 Å². The van der Waals surface area contributed by atoms with Gasteiger partial charge in [0.15, 0.2) is 0 Å². The predicted molar refractivity (Wildman–Crippen MR) is 41.6 cm³/mol. The van der Waals surface area contributed by atoms with Crippen LogP contribution >= 0.6 is 0 Å². The molecule has 1 aliphatic rings. The Bertz CT molecular complexity index is 306. The molecule has 0 unspecified atom stereocenters. The third-order valence-electron chi connectivity index (χ3n) is 1.38. The van der Waals surface area contributed by atoms with E-state index in [0.29, 0.717) is 0 Å². The first-order chi connectivity index (χ1) is 5.36. The van der Waals surface area contributed by atoms with Gasteiger partial charge in [-0.15, -0.1) is 0 Å². The molecule has 0 amide bonds. The van der Waals surface area contributed by atoms with Crippen LogP contribution in [0.3, 0.4) is 0 Å². The number of nitrogens with zero attached hydrogens (tertiary/aromatic N) is 3. The van der Waals surface area contributed by atoms with Crippen molar-refractivity contribution in [3.63, 3.8) is 0 Å². The lowest BCUT2D eigenvalue weighted by molar-refractivity contribution is 0.991. The molecular weight excluding hydrogens is 142 g/mol. The van der Waals surface area contributed by atoms with Gasteiger partial charge in [-0.2, -0.15) is 10.2 Å². The van der Waals surface area contributed by atoms with Crippen LogP contribution in [0.15, 0.2) is 17.4 Å². The molecule has 56 valence electrons. The number of fused-ring (bicyclic) bond motifs is 1. The molecule has 1 aliphatic heterocycles. The summed E-state index contributed by atoms with van der Waals surface area (Å²) in [5.41, 5.74) is 7.47. The van der Waals surface area contributed by atoms with E-state index >= 15 is 0 Å². The van der Waals surface area contributed by atoms with Crippen LogP contribution in [0.25, 0.3) is 0 Å². The van der Waals surface area contributed by atoms with E-state index in [-0.39, 0.29) is 0 Å². The summed E-state index contributed by atoms with van der Waals surface area (Å²) in [7, 11) is 0. The van der Waals surface area contributed by atoms with Crippen molar-refractivity contribution in [1.29, 1.82) is 0 Å². The number of aliphatic imine (C=N–C) groups is 1. The zero-order valence-corrected chi connectivity index (χ0v) is 6.00. The lowest BCUT2D eigenvalue weighted by Crippen LogP contribution is -2.29. The smallest absolute Gasteiger partial charge is 0.118 e. The molecule has 0 saturated heterocycles. The second kappa shape index (κ2) is 2.19. The van der Waals surface area contributed by atoms with Crippen molar-refractivity contribution in [1.82, 2.24) is 15.6 Å². The maximum atomic E-state index is 4.19. The average molecular weight is 149 g/mol. The SMILES string of the molecule is CC1=Nc2cnncc2NN1. The van der Waals surface area contributed by atoms with E-state index in [1.165, 1.54) is 0 Å². The minimum atomic E-state index is 0.816. The van der Waals surface area contributed by atoms with E-state index in [1.807, 2.05) is 6.92 Å². The van der Waals surface area contributed by atoms with Crippen molar-refractivity contribution in [3.8, 4) is 0 Å². The van der Waals surface area contributed by atoms with Crippen molar-refractivity contribution in [2.45, 2.75) is 6.92 Å². The van der Waals surface area contributed by atoms with E-state index in [4.69, 9.17) is 0 Å². The Morgan fingerprint density at radius 1 is 1.18 bits per heavy atom. The molecule has 2 heterocycles. The highest BCUT2D eigenvalue weighted by Crippen LogP contribution is 2.23. The van der Waals surface area contributed by atoms with Crippen molar-refractivity contribution in [2.75, 3.05) is 5.43 Å². The summed E-state index contributed by atoms with van der Waals surface area (Å²) in [6.07, 6.45) is 3.24. The van der Waals surface area contributed by atoms with Crippen LogP contribution in [0.4, 0.5) is 11.4 Å². The summed E-state index contributed by atoms with van der Waals surface area (Å²) in [6.45, 7) is 1.87. The molecular formula is C6H7N5. The molecule has 0 radical (unpaired) electrons. The molecule has 0 bridgehead atoms. The van der Waals surface area contributed by atoms with Crippen LogP contribution in [0, 0.1) is 0 Å². The minimum Gasteiger partial charge on any atom is -0.296 e. The molecule has 0 aliphatic carbocycles. The lowest BCUT2D eigenvalue weighted by atomic mass is 10.4. The molecule has 0 saturated carbocycles. The van der Waals surface area contributed by atoms with E-state index in [9.17, 15) is 0 Å². The van der Waals surface area contributed by atoms with Crippen LogP contribution in [0.2, 0.25) is 0 Å². The molecule has 1 aromatic rings. The summed E-state index contributed by atoms with van der Waals surface area (Å²) >= 11 is 0. The molecule has 1 aromatic heterocycles. The number of rotatable bonds is 0. The van der Waals surface area contributed by atoms with E-state index in [1.54, 1.807) is 12.4 Å². The zero-order valence-electron chi connectivity index (χ0n) is 6.00. The number of nitrogens with one attached hydrogen (secondary N) is 2. The van der Waals surface area contributed by atoms with Crippen LogP contribution in [-0.4, -0.2) is 16.0 Å². The Kier molecular flexibility index (Phi) is 1.21. The zero-order chi connectivity index (χ0) is 7.68. The maximum absolute atomic E-state index is 4.19. The number of hydrogen-bond donors (Lipinski definition) is 2. The summed E-state index contributed by atoms with van der Waals surface area (Å²) < 4.78 is 0. The Morgan fingerprint density at radius 2 is 2.00 bits per heavy atom. The Labute approximate surface area is 63.5 Å². The molecule has 0 spiro atoms. The van der Waals surface area contributed by atoms with Gasteiger partial charge in [0.25, 0.3) is 0 Å². The number of hydrazine groups is 1. The first kappa shape index (κ1) is 6.09. The number of anilines is 1. The lowest BCUT2D eigenvalue weighted by Gasteiger charge is -2.15. The van der Waals surface area contributed by atoms with Crippen LogP contribution < -0.4 is 10.9 Å². The van der Waals surface area contributed by atoms with Gasteiger partial charge in [-0.05, 0) is 6.92 Å². The van der Waals surface area contributed by atoms with Crippen LogP contribution in [0.5, 0.6) is 0 Å². The first-order valence-corrected chi connectivity index (χ1v) is 3.24. The highest BCUT2D eigenvalue weighted by atomic mass is 15.4. The molecule has 2 N–H and O–H groups in total.